The Morgan fingerprint density at radius 3 is 2.79 bits per heavy atom. The minimum absolute atomic E-state index is 0.135. The molecule has 2 aromatic heterocycles. The molecule has 0 spiro atoms. The molecule has 1 N–H and O–H groups in total. The van der Waals surface area contributed by atoms with Crippen molar-refractivity contribution in [3.05, 3.63) is 45.2 Å². The fraction of sp³-hybridized carbons (Fsp3) is 0.364. The Labute approximate surface area is 204 Å². The molecule has 2 aliphatic heterocycles. The number of thiocarbonyl (C=S) groups is 1. The van der Waals surface area contributed by atoms with E-state index in [2.05, 4.69) is 10.3 Å². The number of nitrogens with zero attached hydrogens (tertiary/aromatic N) is 4. The largest absolute Gasteiger partial charge is 0.469 e. The van der Waals surface area contributed by atoms with E-state index in [1.807, 2.05) is 13.8 Å². The van der Waals surface area contributed by atoms with E-state index < -0.39 is 17.6 Å². The smallest absolute Gasteiger partial charge is 0.308 e. The van der Waals surface area contributed by atoms with Crippen molar-refractivity contribution in [2.45, 2.75) is 32.4 Å². The Morgan fingerprint density at radius 2 is 2.12 bits per heavy atom. The van der Waals surface area contributed by atoms with E-state index in [-0.39, 0.29) is 35.7 Å². The molecule has 178 valence electrons. The number of thioether (sulfide) groups is 1. The summed E-state index contributed by atoms with van der Waals surface area (Å²) in [5.41, 5.74) is 0.105. The molecular weight excluding hydrogens is 478 g/mol. The highest BCUT2D eigenvalue weighted by Crippen LogP contribution is 2.35. The lowest BCUT2D eigenvalue weighted by atomic mass is 10.1. The summed E-state index contributed by atoms with van der Waals surface area (Å²) in [5, 5.41) is 2.74. The number of pyridine rings is 1. The molecule has 12 heteroatoms. The summed E-state index contributed by atoms with van der Waals surface area (Å²) in [7, 11) is 1.25. The molecule has 4 rings (SSSR count). The quantitative estimate of drug-likeness (QED) is 0.366. The van der Waals surface area contributed by atoms with E-state index in [0.29, 0.717) is 28.0 Å². The number of aromatic nitrogens is 2. The third kappa shape index (κ3) is 4.30. The number of rotatable bonds is 5. The third-order valence-corrected chi connectivity index (χ3v) is 6.89. The van der Waals surface area contributed by atoms with Gasteiger partial charge in [0.25, 0.3) is 11.5 Å². The molecule has 0 unspecified atom stereocenters. The lowest BCUT2D eigenvalue weighted by molar-refractivity contribution is -0.143. The number of amides is 2. The van der Waals surface area contributed by atoms with Crippen LogP contribution in [-0.2, 0) is 19.1 Å². The number of fused-ring (bicyclic) bond motifs is 1. The van der Waals surface area contributed by atoms with Crippen LogP contribution in [0, 0.1) is 0 Å². The van der Waals surface area contributed by atoms with E-state index in [1.54, 1.807) is 29.3 Å². The predicted molar refractivity (Wildman–Crippen MR) is 132 cm³/mol. The molecule has 2 fully saturated rings. The topological polar surface area (TPSA) is 113 Å². The minimum atomic E-state index is -0.920. The molecule has 2 aliphatic rings. The lowest BCUT2D eigenvalue weighted by Crippen LogP contribution is -2.57. The molecule has 1 atom stereocenters. The van der Waals surface area contributed by atoms with E-state index >= 15 is 0 Å². The van der Waals surface area contributed by atoms with Gasteiger partial charge in [-0.25, -0.2) is 4.98 Å². The van der Waals surface area contributed by atoms with Crippen LogP contribution in [0.25, 0.3) is 11.7 Å². The first kappa shape index (κ1) is 23.9. The van der Waals surface area contributed by atoms with Crippen LogP contribution in [0.4, 0.5) is 5.82 Å². The van der Waals surface area contributed by atoms with E-state index in [1.165, 1.54) is 22.5 Å². The maximum atomic E-state index is 13.5. The van der Waals surface area contributed by atoms with Gasteiger partial charge in [-0.3, -0.25) is 28.5 Å². The fourth-order valence-corrected chi connectivity index (χ4v) is 5.41. The molecular formula is C22H23N5O5S2. The molecule has 0 saturated carbocycles. The van der Waals surface area contributed by atoms with E-state index in [9.17, 15) is 19.2 Å². The predicted octanol–water partition coefficient (Wildman–Crippen LogP) is 1.17. The molecule has 4 heterocycles. The molecule has 10 nitrogen and oxygen atoms in total. The number of carbonyl (C=O) groups is 3. The molecule has 0 bridgehead atoms. The van der Waals surface area contributed by atoms with Crippen LogP contribution in [0.15, 0.2) is 34.1 Å². The number of carbonyl (C=O) groups excluding carboxylic acids is 3. The zero-order valence-corrected chi connectivity index (χ0v) is 20.4. The fourth-order valence-electron chi connectivity index (χ4n) is 3.90. The average molecular weight is 502 g/mol. The third-order valence-electron chi connectivity index (χ3n) is 5.55. The highest BCUT2D eigenvalue weighted by atomic mass is 32.2. The van der Waals surface area contributed by atoms with Crippen molar-refractivity contribution in [1.29, 1.82) is 0 Å². The van der Waals surface area contributed by atoms with E-state index in [4.69, 9.17) is 17.0 Å². The molecule has 34 heavy (non-hydrogen) atoms. The standard InChI is InChI=1S/C22H23N5O5S2/c1-12(2)27-21(31)15(34-22(27)33)10-13-18(24-16-6-4-5-8-26(16)20(13)30)25-9-7-23-19(29)14(25)11-17(28)32-3/h4-6,8,10,12,14H,7,9,11H2,1-3H3,(H,23,29)/b15-10-/t14-/m1/s1. The highest BCUT2D eigenvalue weighted by molar-refractivity contribution is 8.26. The van der Waals surface area contributed by atoms with Crippen LogP contribution in [0.3, 0.4) is 0 Å². The van der Waals surface area contributed by atoms with Crippen molar-refractivity contribution < 1.29 is 19.1 Å². The number of nitrogens with one attached hydrogen (secondary N) is 1. The number of hydrogen-bond acceptors (Lipinski definition) is 9. The Kier molecular flexibility index (Phi) is 6.71. The summed E-state index contributed by atoms with van der Waals surface area (Å²) < 4.78 is 6.54. The number of hydrogen-bond donors (Lipinski definition) is 1. The summed E-state index contributed by atoms with van der Waals surface area (Å²) in [5.74, 6) is -1.02. The normalized spacial score (nSPS) is 19.9. The summed E-state index contributed by atoms with van der Waals surface area (Å²) in [6.07, 6.45) is 2.85. The van der Waals surface area contributed by atoms with Gasteiger partial charge in [0.05, 0.1) is 24.0 Å². The Bertz CT molecular complexity index is 1290. The van der Waals surface area contributed by atoms with Gasteiger partial charge in [-0.1, -0.05) is 30.0 Å². The molecule has 0 aliphatic carbocycles. The molecule has 2 saturated heterocycles. The van der Waals surface area contributed by atoms with Crippen molar-refractivity contribution in [3.8, 4) is 0 Å². The first-order valence-electron chi connectivity index (χ1n) is 10.6. The van der Waals surface area contributed by atoms with Crippen molar-refractivity contribution in [2.24, 2.45) is 0 Å². The first-order chi connectivity index (χ1) is 16.2. The van der Waals surface area contributed by atoms with Gasteiger partial charge in [0, 0.05) is 25.3 Å². The van der Waals surface area contributed by atoms with Crippen LogP contribution < -0.4 is 15.8 Å². The SMILES string of the molecule is COC(=O)C[C@@H]1C(=O)NCCN1c1nc2ccccn2c(=O)c1/C=C1\SC(=S)N(C(C)C)C1=O. The number of anilines is 1. The summed E-state index contributed by atoms with van der Waals surface area (Å²) >= 11 is 6.47. The molecule has 0 radical (unpaired) electrons. The van der Waals surface area contributed by atoms with E-state index in [0.717, 1.165) is 11.8 Å². The summed E-state index contributed by atoms with van der Waals surface area (Å²) in [4.78, 5) is 59.3. The summed E-state index contributed by atoms with van der Waals surface area (Å²) in [6.45, 7) is 4.34. The van der Waals surface area contributed by atoms with Crippen molar-refractivity contribution in [2.75, 3.05) is 25.1 Å². The summed E-state index contributed by atoms with van der Waals surface area (Å²) in [6, 6.07) is 4.06. The molecule has 2 aromatic rings. The first-order valence-corrected chi connectivity index (χ1v) is 11.8. The monoisotopic (exact) mass is 501 g/mol. The van der Waals surface area contributed by atoms with Crippen LogP contribution in [0.5, 0.6) is 0 Å². The van der Waals surface area contributed by atoms with Gasteiger partial charge in [-0.15, -0.1) is 0 Å². The van der Waals surface area contributed by atoms with Gasteiger partial charge in [0.15, 0.2) is 0 Å². The second kappa shape index (κ2) is 9.55. The second-order valence-corrected chi connectivity index (χ2v) is 9.68. The van der Waals surface area contributed by atoms with Crippen molar-refractivity contribution in [1.82, 2.24) is 19.6 Å². The van der Waals surface area contributed by atoms with Gasteiger partial charge in [-0.05, 0) is 32.1 Å². The van der Waals surface area contributed by atoms with Gasteiger partial charge in [0.1, 0.15) is 21.8 Å². The second-order valence-electron chi connectivity index (χ2n) is 8.01. The van der Waals surface area contributed by atoms with Crippen molar-refractivity contribution >= 4 is 63.6 Å². The Hall–Kier alpha value is -3.25. The number of piperazine rings is 1. The zero-order chi connectivity index (χ0) is 24.6. The zero-order valence-electron chi connectivity index (χ0n) is 18.8. The lowest BCUT2D eigenvalue weighted by Gasteiger charge is -2.36. The van der Waals surface area contributed by atoms with Crippen LogP contribution in [0.2, 0.25) is 0 Å². The molecule has 2 amide bonds. The Morgan fingerprint density at radius 1 is 1.35 bits per heavy atom. The average Bonchev–Trinajstić information content (AvgIpc) is 3.09. The van der Waals surface area contributed by atoms with Crippen LogP contribution in [0.1, 0.15) is 25.8 Å². The van der Waals surface area contributed by atoms with Gasteiger partial charge in [0.2, 0.25) is 5.91 Å². The highest BCUT2D eigenvalue weighted by Gasteiger charge is 2.37. The maximum absolute atomic E-state index is 13.5. The van der Waals surface area contributed by atoms with Crippen LogP contribution >= 0.6 is 24.0 Å². The number of methoxy groups -OCH3 is 1. The Balaban J connectivity index is 1.90. The maximum Gasteiger partial charge on any atom is 0.308 e. The van der Waals surface area contributed by atoms with Gasteiger partial charge in [-0.2, -0.15) is 0 Å². The number of ether oxygens (including phenoxy) is 1. The minimum Gasteiger partial charge on any atom is -0.469 e. The van der Waals surface area contributed by atoms with Crippen molar-refractivity contribution in [3.63, 3.8) is 0 Å². The number of esters is 1. The van der Waals surface area contributed by atoms with Gasteiger partial charge < -0.3 is 15.0 Å². The van der Waals surface area contributed by atoms with Crippen LogP contribution in [-0.4, -0.2) is 68.7 Å². The van der Waals surface area contributed by atoms with Gasteiger partial charge >= 0.3 is 5.97 Å². The molecule has 0 aromatic carbocycles.